The van der Waals surface area contributed by atoms with Crippen molar-refractivity contribution < 1.29 is 17.7 Å². The molecule has 0 spiro atoms. The molecule has 1 aromatic heterocycles. The van der Waals surface area contributed by atoms with Gasteiger partial charge in [0.05, 0.1) is 18.7 Å². The summed E-state index contributed by atoms with van der Waals surface area (Å²) in [6.45, 7) is -4.35. The zero-order valence-corrected chi connectivity index (χ0v) is 11.7. The molecule has 4 heteroatoms. The molecule has 1 fully saturated rings. The zero-order valence-electron chi connectivity index (χ0n) is 17.7. The molecular formula is C17H22N2O2. The second-order valence-corrected chi connectivity index (χ2v) is 5.13. The van der Waals surface area contributed by atoms with Gasteiger partial charge in [-0.1, -0.05) is 6.07 Å². The molecule has 1 aliphatic rings. The summed E-state index contributed by atoms with van der Waals surface area (Å²) in [5.41, 5.74) is 1.52. The lowest BCUT2D eigenvalue weighted by Crippen LogP contribution is -2.17. The molecule has 4 nitrogen and oxygen atoms in total. The highest BCUT2D eigenvalue weighted by atomic mass is 16.5. The van der Waals surface area contributed by atoms with Gasteiger partial charge in [-0.15, -0.1) is 0 Å². The number of benzene rings is 1. The summed E-state index contributed by atoms with van der Waals surface area (Å²) in [5, 5.41) is 0.780. The van der Waals surface area contributed by atoms with Crippen molar-refractivity contribution in [2.45, 2.75) is 18.9 Å². The number of aromatic nitrogens is 1. The Bertz CT molecular complexity index is 768. The molecule has 1 aromatic carbocycles. The third-order valence-corrected chi connectivity index (χ3v) is 3.60. The van der Waals surface area contributed by atoms with E-state index in [1.807, 2.05) is 18.2 Å². The van der Waals surface area contributed by atoms with E-state index < -0.39 is 14.0 Å². The predicted octanol–water partition coefficient (Wildman–Crippen LogP) is 2.51. The van der Waals surface area contributed by atoms with Crippen molar-refractivity contribution in [2.24, 2.45) is 0 Å². The minimum absolute atomic E-state index is 0.0371. The summed E-state index contributed by atoms with van der Waals surface area (Å²) in [6.07, 6.45) is 2.65. The van der Waals surface area contributed by atoms with Gasteiger partial charge in [0.25, 0.3) is 0 Å². The van der Waals surface area contributed by atoms with Gasteiger partial charge in [-0.2, -0.15) is 0 Å². The van der Waals surface area contributed by atoms with E-state index in [0.717, 1.165) is 22.9 Å². The maximum atomic E-state index is 7.51. The van der Waals surface area contributed by atoms with E-state index in [-0.39, 0.29) is 19.1 Å². The molecule has 3 rings (SSSR count). The van der Waals surface area contributed by atoms with E-state index in [1.54, 1.807) is 12.3 Å². The molecule has 2 heterocycles. The van der Waals surface area contributed by atoms with E-state index in [0.29, 0.717) is 23.9 Å². The number of ether oxygens (including phenoxy) is 2. The van der Waals surface area contributed by atoms with Gasteiger partial charge in [0.15, 0.2) is 0 Å². The first kappa shape index (κ1) is 8.71. The van der Waals surface area contributed by atoms with E-state index >= 15 is 0 Å². The lowest BCUT2D eigenvalue weighted by atomic mass is 10.1. The minimum atomic E-state index is -2.70. The summed E-state index contributed by atoms with van der Waals surface area (Å²) in [4.78, 5) is 4.92. The highest BCUT2D eigenvalue weighted by Crippen LogP contribution is 2.30. The van der Waals surface area contributed by atoms with Crippen LogP contribution in [0.5, 0.6) is 5.75 Å². The standard InChI is InChI=1S/C17H22N2O2/c1-19(2)10-7-13-6-9-18-15-4-3-5-16(17(13)15)21-14-8-11-20-12-14/h3-6,9,14H,7-8,10-12H2,1-2H3/t14-/m1/s1/i1D3,2D3. The Morgan fingerprint density at radius 2 is 2.38 bits per heavy atom. The van der Waals surface area contributed by atoms with Crippen molar-refractivity contribution in [3.05, 3.63) is 36.0 Å². The fraction of sp³-hybridized carbons (Fsp3) is 0.471. The first-order valence-corrected chi connectivity index (χ1v) is 7.05. The van der Waals surface area contributed by atoms with Crippen LogP contribution in [0.2, 0.25) is 0 Å². The second-order valence-electron chi connectivity index (χ2n) is 5.13. The molecule has 1 atom stereocenters. The molecule has 0 amide bonds. The average molecular weight is 292 g/mol. The van der Waals surface area contributed by atoms with Crippen molar-refractivity contribution in [1.82, 2.24) is 9.88 Å². The highest BCUT2D eigenvalue weighted by molar-refractivity contribution is 5.88. The Hall–Kier alpha value is -1.65. The Labute approximate surface area is 134 Å². The van der Waals surface area contributed by atoms with Crippen molar-refractivity contribution >= 4 is 10.9 Å². The van der Waals surface area contributed by atoms with Gasteiger partial charge >= 0.3 is 0 Å². The van der Waals surface area contributed by atoms with Gasteiger partial charge in [0, 0.05) is 32.8 Å². The molecular weight excluding hydrogens is 264 g/mol. The summed E-state index contributed by atoms with van der Waals surface area (Å²) < 4.78 is 56.5. The van der Waals surface area contributed by atoms with Crippen LogP contribution in [0.25, 0.3) is 10.9 Å². The molecule has 2 aromatic rings. The third kappa shape index (κ3) is 3.34. The number of rotatable bonds is 5. The third-order valence-electron chi connectivity index (χ3n) is 3.60. The summed E-state index contributed by atoms with van der Waals surface area (Å²) in [6, 6.07) is 7.32. The first-order valence-electron chi connectivity index (χ1n) is 10.0. The first-order chi connectivity index (χ1) is 12.7. The molecule has 0 bridgehead atoms. The van der Waals surface area contributed by atoms with Gasteiger partial charge in [0.2, 0.25) is 0 Å². The molecule has 0 saturated carbocycles. The van der Waals surface area contributed by atoms with Crippen molar-refractivity contribution in [3.63, 3.8) is 0 Å². The number of hydrogen-bond donors (Lipinski definition) is 0. The second kappa shape index (κ2) is 6.41. The van der Waals surface area contributed by atoms with Crippen LogP contribution in [0.4, 0.5) is 0 Å². The Morgan fingerprint density at radius 3 is 3.19 bits per heavy atom. The van der Waals surface area contributed by atoms with Crippen molar-refractivity contribution in [2.75, 3.05) is 33.7 Å². The molecule has 0 radical (unpaired) electrons. The Balaban J connectivity index is 1.89. The van der Waals surface area contributed by atoms with Gasteiger partial charge in [-0.3, -0.25) is 4.98 Å². The van der Waals surface area contributed by atoms with Gasteiger partial charge in [0.1, 0.15) is 11.9 Å². The lowest BCUT2D eigenvalue weighted by Gasteiger charge is -2.17. The molecule has 21 heavy (non-hydrogen) atoms. The number of pyridine rings is 1. The Morgan fingerprint density at radius 1 is 1.43 bits per heavy atom. The van der Waals surface area contributed by atoms with E-state index in [1.165, 1.54) is 0 Å². The molecule has 1 saturated heterocycles. The summed E-state index contributed by atoms with van der Waals surface area (Å²) in [7, 11) is 0. The van der Waals surface area contributed by atoms with Crippen LogP contribution in [-0.4, -0.2) is 49.7 Å². The van der Waals surface area contributed by atoms with Gasteiger partial charge < -0.3 is 14.4 Å². The number of hydrogen-bond acceptors (Lipinski definition) is 4. The topological polar surface area (TPSA) is 34.6 Å². The fourth-order valence-electron chi connectivity index (χ4n) is 2.56. The van der Waals surface area contributed by atoms with Crippen LogP contribution in [0.3, 0.4) is 0 Å². The molecule has 0 N–H and O–H groups in total. The van der Waals surface area contributed by atoms with E-state index in [9.17, 15) is 0 Å². The van der Waals surface area contributed by atoms with Crippen molar-refractivity contribution in [1.29, 1.82) is 0 Å². The quantitative estimate of drug-likeness (QED) is 0.848. The molecule has 112 valence electrons. The molecule has 0 unspecified atom stereocenters. The van der Waals surface area contributed by atoms with Gasteiger partial charge in [-0.25, -0.2) is 0 Å². The SMILES string of the molecule is [2H]C([2H])([2H])N(CCc1ccnc2cccc(O[C@@H]3CCOC3)c12)C([2H])([2H])[2H]. The van der Waals surface area contributed by atoms with E-state index in [4.69, 9.17) is 17.7 Å². The average Bonchev–Trinajstić information content (AvgIpc) is 3.06. The zero-order chi connectivity index (χ0) is 19.7. The highest BCUT2D eigenvalue weighted by Gasteiger charge is 2.19. The molecule has 0 aliphatic carbocycles. The summed E-state index contributed by atoms with van der Waals surface area (Å²) in [5.74, 6) is 0.653. The predicted molar refractivity (Wildman–Crippen MR) is 83.9 cm³/mol. The van der Waals surface area contributed by atoms with Crippen LogP contribution in [0.15, 0.2) is 30.5 Å². The number of likely N-dealkylation sites (N-methyl/N-ethyl adjacent to an activating group) is 1. The van der Waals surface area contributed by atoms with E-state index in [2.05, 4.69) is 4.98 Å². The maximum Gasteiger partial charge on any atom is 0.129 e. The smallest absolute Gasteiger partial charge is 0.129 e. The van der Waals surface area contributed by atoms with Crippen LogP contribution in [0.1, 0.15) is 20.2 Å². The Kier molecular flexibility index (Phi) is 2.66. The fourth-order valence-corrected chi connectivity index (χ4v) is 2.56. The van der Waals surface area contributed by atoms with Gasteiger partial charge in [-0.05, 0) is 44.1 Å². The number of fused-ring (bicyclic) bond motifs is 1. The maximum absolute atomic E-state index is 7.51. The normalized spacial score (nSPS) is 24.0. The monoisotopic (exact) mass is 292 g/mol. The summed E-state index contributed by atoms with van der Waals surface area (Å²) >= 11 is 0. The van der Waals surface area contributed by atoms with Crippen LogP contribution >= 0.6 is 0 Å². The number of nitrogens with zero attached hydrogens (tertiary/aromatic N) is 2. The van der Waals surface area contributed by atoms with Crippen LogP contribution < -0.4 is 4.74 Å². The van der Waals surface area contributed by atoms with Crippen molar-refractivity contribution in [3.8, 4) is 5.75 Å². The minimum Gasteiger partial charge on any atom is -0.487 e. The lowest BCUT2D eigenvalue weighted by molar-refractivity contribution is 0.142. The van der Waals surface area contributed by atoms with Crippen LogP contribution in [-0.2, 0) is 11.2 Å². The van der Waals surface area contributed by atoms with Crippen LogP contribution in [0, 0.1) is 0 Å². The molecule has 1 aliphatic heterocycles. The largest absolute Gasteiger partial charge is 0.487 e.